The number of aromatic amines is 1. The number of piperidine rings is 1. The van der Waals surface area contributed by atoms with Crippen LogP contribution in [0.1, 0.15) is 35.3 Å². The van der Waals surface area contributed by atoms with Crippen molar-refractivity contribution in [3.05, 3.63) is 60.0 Å². The Kier molecular flexibility index (Phi) is 4.84. The summed E-state index contributed by atoms with van der Waals surface area (Å²) in [5, 5.41) is 6.21. The minimum atomic E-state index is -0.114. The van der Waals surface area contributed by atoms with Gasteiger partial charge in [-0.05, 0) is 42.7 Å². The number of benzene rings is 1. The lowest BCUT2D eigenvalue weighted by atomic mass is 10.1. The third-order valence-electron chi connectivity index (χ3n) is 4.72. The number of rotatable bonds is 5. The summed E-state index contributed by atoms with van der Waals surface area (Å²) >= 11 is 0. The van der Waals surface area contributed by atoms with Gasteiger partial charge in [0.05, 0.1) is 11.7 Å². The summed E-state index contributed by atoms with van der Waals surface area (Å²) in [5.74, 6) is -0.114. The molecule has 0 aliphatic carbocycles. The zero-order valence-corrected chi connectivity index (χ0v) is 14.7. The number of hydrazine groups is 1. The molecule has 134 valence electrons. The first-order chi connectivity index (χ1) is 12.8. The van der Waals surface area contributed by atoms with Crippen molar-refractivity contribution >= 4 is 22.5 Å². The number of anilines is 1. The van der Waals surface area contributed by atoms with Crippen LogP contribution in [0.4, 0.5) is 5.69 Å². The van der Waals surface area contributed by atoms with Gasteiger partial charge >= 0.3 is 0 Å². The molecular weight excluding hydrogens is 326 g/mol. The summed E-state index contributed by atoms with van der Waals surface area (Å²) in [6.07, 6.45) is 7.27. The van der Waals surface area contributed by atoms with Crippen LogP contribution in [0.5, 0.6) is 0 Å². The number of hydrogen-bond acceptors (Lipinski definition) is 4. The highest BCUT2D eigenvalue weighted by Crippen LogP contribution is 2.15. The summed E-state index contributed by atoms with van der Waals surface area (Å²) < 4.78 is 0. The molecule has 3 N–H and O–H groups in total. The molecule has 0 radical (unpaired) electrons. The van der Waals surface area contributed by atoms with Gasteiger partial charge in [0.25, 0.3) is 5.91 Å². The molecule has 1 aliphatic rings. The van der Waals surface area contributed by atoms with Crippen molar-refractivity contribution < 1.29 is 4.79 Å². The van der Waals surface area contributed by atoms with Gasteiger partial charge in [-0.15, -0.1) is 0 Å². The van der Waals surface area contributed by atoms with E-state index in [1.54, 1.807) is 12.4 Å². The molecule has 1 aromatic carbocycles. The van der Waals surface area contributed by atoms with E-state index in [2.05, 4.69) is 37.9 Å². The smallest absolute Gasteiger partial charge is 0.267 e. The second-order valence-electron chi connectivity index (χ2n) is 6.69. The lowest BCUT2D eigenvalue weighted by Crippen LogP contribution is -2.34. The van der Waals surface area contributed by atoms with Crippen LogP contribution in [0.3, 0.4) is 0 Å². The van der Waals surface area contributed by atoms with Crippen LogP contribution in [-0.4, -0.2) is 34.0 Å². The zero-order chi connectivity index (χ0) is 17.8. The minimum absolute atomic E-state index is 0.114. The van der Waals surface area contributed by atoms with Crippen molar-refractivity contribution in [1.82, 2.24) is 20.3 Å². The first kappa shape index (κ1) is 16.6. The van der Waals surface area contributed by atoms with E-state index in [0.29, 0.717) is 12.2 Å². The van der Waals surface area contributed by atoms with E-state index >= 15 is 0 Å². The topological polar surface area (TPSA) is 73.1 Å². The van der Waals surface area contributed by atoms with Crippen LogP contribution in [0.25, 0.3) is 10.9 Å². The van der Waals surface area contributed by atoms with Crippen LogP contribution < -0.4 is 10.7 Å². The second kappa shape index (κ2) is 7.58. The Morgan fingerprint density at radius 1 is 1.12 bits per heavy atom. The molecule has 0 saturated carbocycles. The Bertz CT molecular complexity index is 848. The van der Waals surface area contributed by atoms with Gasteiger partial charge in [-0.3, -0.25) is 9.78 Å². The average molecular weight is 349 g/mol. The SMILES string of the molecule is O=C(NCc1ccc(NN2CCCCC2)cc1)c1cc2ccncc2[nH]1. The Balaban J connectivity index is 1.33. The van der Waals surface area contributed by atoms with E-state index in [0.717, 1.165) is 35.2 Å². The molecule has 6 nitrogen and oxygen atoms in total. The standard InChI is InChI=1S/C20H23N5O/c26-20(18-12-16-8-9-21-14-19(16)23-18)22-13-15-4-6-17(7-5-15)24-25-10-2-1-3-11-25/h4-9,12,14,23-24H,1-3,10-11,13H2,(H,22,26). The van der Waals surface area contributed by atoms with E-state index < -0.39 is 0 Å². The number of amides is 1. The van der Waals surface area contributed by atoms with Crippen LogP contribution in [0.15, 0.2) is 48.8 Å². The van der Waals surface area contributed by atoms with E-state index in [1.165, 1.54) is 19.3 Å². The van der Waals surface area contributed by atoms with Crippen LogP contribution in [0.2, 0.25) is 0 Å². The summed E-state index contributed by atoms with van der Waals surface area (Å²) in [6.45, 7) is 2.69. The molecule has 4 rings (SSSR count). The van der Waals surface area contributed by atoms with Gasteiger partial charge in [0, 0.05) is 36.9 Å². The number of nitrogens with zero attached hydrogens (tertiary/aromatic N) is 2. The molecule has 1 fully saturated rings. The Labute approximate surface area is 152 Å². The number of carbonyl (C=O) groups is 1. The zero-order valence-electron chi connectivity index (χ0n) is 14.7. The number of hydrogen-bond donors (Lipinski definition) is 3. The lowest BCUT2D eigenvalue weighted by molar-refractivity contribution is 0.0947. The third kappa shape index (κ3) is 3.86. The normalized spacial score (nSPS) is 15.1. The summed E-state index contributed by atoms with van der Waals surface area (Å²) in [5.41, 5.74) is 7.03. The number of pyridine rings is 1. The van der Waals surface area contributed by atoms with Crippen LogP contribution in [-0.2, 0) is 6.54 Å². The molecule has 6 heteroatoms. The molecule has 2 aromatic heterocycles. The van der Waals surface area contributed by atoms with Gasteiger partial charge in [-0.2, -0.15) is 0 Å². The molecule has 3 heterocycles. The molecule has 1 aliphatic heterocycles. The predicted octanol–water partition coefficient (Wildman–Crippen LogP) is 3.31. The maximum absolute atomic E-state index is 12.3. The van der Waals surface area contributed by atoms with E-state index in [4.69, 9.17) is 0 Å². The number of aromatic nitrogens is 2. The minimum Gasteiger partial charge on any atom is -0.349 e. The van der Waals surface area contributed by atoms with Gasteiger partial charge in [0.2, 0.25) is 0 Å². The largest absolute Gasteiger partial charge is 0.349 e. The second-order valence-corrected chi connectivity index (χ2v) is 6.69. The highest BCUT2D eigenvalue weighted by atomic mass is 16.1. The van der Waals surface area contributed by atoms with Gasteiger partial charge in [0.1, 0.15) is 5.69 Å². The van der Waals surface area contributed by atoms with Crippen molar-refractivity contribution in [3.63, 3.8) is 0 Å². The van der Waals surface area contributed by atoms with Crippen molar-refractivity contribution in [2.24, 2.45) is 0 Å². The van der Waals surface area contributed by atoms with Crippen LogP contribution in [0, 0.1) is 0 Å². The molecular formula is C20H23N5O. The summed E-state index contributed by atoms with van der Waals surface area (Å²) in [7, 11) is 0. The number of fused-ring (bicyclic) bond motifs is 1. The van der Waals surface area contributed by atoms with E-state index in [1.807, 2.05) is 24.3 Å². The first-order valence-corrected chi connectivity index (χ1v) is 9.09. The Hall–Kier alpha value is -2.86. The quantitative estimate of drug-likeness (QED) is 0.661. The molecule has 3 aromatic rings. The van der Waals surface area contributed by atoms with E-state index in [-0.39, 0.29) is 5.91 Å². The van der Waals surface area contributed by atoms with Crippen molar-refractivity contribution in [3.8, 4) is 0 Å². The molecule has 0 atom stereocenters. The monoisotopic (exact) mass is 349 g/mol. The molecule has 0 unspecified atom stereocenters. The number of H-pyrrole nitrogens is 1. The molecule has 0 spiro atoms. The van der Waals surface area contributed by atoms with Gasteiger partial charge < -0.3 is 15.7 Å². The molecule has 26 heavy (non-hydrogen) atoms. The molecule has 0 bridgehead atoms. The summed E-state index contributed by atoms with van der Waals surface area (Å²) in [4.78, 5) is 19.5. The third-order valence-corrected chi connectivity index (χ3v) is 4.72. The Morgan fingerprint density at radius 3 is 2.69 bits per heavy atom. The molecule has 1 saturated heterocycles. The number of carbonyl (C=O) groups excluding carboxylic acids is 1. The van der Waals surface area contributed by atoms with Crippen molar-refractivity contribution in [2.45, 2.75) is 25.8 Å². The van der Waals surface area contributed by atoms with E-state index in [9.17, 15) is 4.79 Å². The maximum Gasteiger partial charge on any atom is 0.267 e. The van der Waals surface area contributed by atoms with Gasteiger partial charge in [-0.1, -0.05) is 18.6 Å². The summed E-state index contributed by atoms with van der Waals surface area (Å²) in [6, 6.07) is 11.9. The highest BCUT2D eigenvalue weighted by Gasteiger charge is 2.11. The first-order valence-electron chi connectivity index (χ1n) is 9.09. The van der Waals surface area contributed by atoms with Gasteiger partial charge in [0.15, 0.2) is 0 Å². The predicted molar refractivity (Wildman–Crippen MR) is 103 cm³/mol. The average Bonchev–Trinajstić information content (AvgIpc) is 3.12. The van der Waals surface area contributed by atoms with Crippen molar-refractivity contribution in [2.75, 3.05) is 18.5 Å². The molecule has 1 amide bonds. The lowest BCUT2D eigenvalue weighted by Gasteiger charge is -2.27. The fourth-order valence-electron chi connectivity index (χ4n) is 3.26. The maximum atomic E-state index is 12.3. The Morgan fingerprint density at radius 2 is 1.92 bits per heavy atom. The number of nitrogens with one attached hydrogen (secondary N) is 3. The van der Waals surface area contributed by atoms with Crippen LogP contribution >= 0.6 is 0 Å². The fourth-order valence-corrected chi connectivity index (χ4v) is 3.26. The highest BCUT2D eigenvalue weighted by molar-refractivity contribution is 5.97. The van der Waals surface area contributed by atoms with Gasteiger partial charge in [-0.25, -0.2) is 5.01 Å². The fraction of sp³-hybridized carbons (Fsp3) is 0.300. The van der Waals surface area contributed by atoms with Crippen molar-refractivity contribution in [1.29, 1.82) is 0 Å².